The Bertz CT molecular complexity index is 1110. The Morgan fingerprint density at radius 1 is 1.14 bits per heavy atom. The second-order valence-electron chi connectivity index (χ2n) is 7.82. The van der Waals surface area contributed by atoms with Crippen molar-refractivity contribution in [3.63, 3.8) is 0 Å². The quantitative estimate of drug-likeness (QED) is 0.405. The number of hydrogen-bond acceptors (Lipinski definition) is 6. The number of benzene rings is 1. The molecule has 1 aliphatic rings. The maximum absolute atomic E-state index is 14.8. The van der Waals surface area contributed by atoms with Crippen molar-refractivity contribution in [3.05, 3.63) is 45.4 Å². The monoisotopic (exact) mass is 568 g/mol. The third-order valence-corrected chi connectivity index (χ3v) is 6.48. The van der Waals surface area contributed by atoms with E-state index in [4.69, 9.17) is 16.3 Å². The van der Waals surface area contributed by atoms with Crippen LogP contribution in [0.4, 0.5) is 33.3 Å². The predicted molar refractivity (Wildman–Crippen MR) is 127 cm³/mol. The molecule has 3 rings (SSSR count). The number of halogens is 6. The summed E-state index contributed by atoms with van der Waals surface area (Å²) < 4.78 is 72.7. The number of morpholine rings is 1. The molecule has 202 valence electrons. The lowest BCUT2D eigenvalue weighted by molar-refractivity contribution is -0.125. The van der Waals surface area contributed by atoms with Gasteiger partial charge in [0.1, 0.15) is 18.5 Å². The van der Waals surface area contributed by atoms with E-state index in [0.717, 1.165) is 23.5 Å². The molecule has 0 saturated carbocycles. The zero-order chi connectivity index (χ0) is 27.1. The van der Waals surface area contributed by atoms with E-state index in [1.807, 2.05) is 0 Å². The molecule has 0 bridgehead atoms. The highest BCUT2D eigenvalue weighted by Crippen LogP contribution is 2.24. The van der Waals surface area contributed by atoms with Crippen LogP contribution < -0.4 is 15.5 Å². The molecule has 1 saturated heterocycles. The van der Waals surface area contributed by atoms with Crippen molar-refractivity contribution in [3.8, 4) is 0 Å². The average Bonchev–Trinajstić information content (AvgIpc) is 3.26. The van der Waals surface area contributed by atoms with Gasteiger partial charge < -0.3 is 20.3 Å². The number of hydrogen-bond donors (Lipinski definition) is 2. The molecule has 8 nitrogen and oxygen atoms in total. The minimum absolute atomic E-state index is 0.151. The summed E-state index contributed by atoms with van der Waals surface area (Å²) in [5, 5.41) is 4.55. The largest absolute Gasteiger partial charge is 0.370 e. The van der Waals surface area contributed by atoms with Gasteiger partial charge in [0.25, 0.3) is 24.7 Å². The molecule has 0 aliphatic carbocycles. The van der Waals surface area contributed by atoms with Crippen LogP contribution >= 0.6 is 22.9 Å². The molecular weight excluding hydrogens is 547 g/mol. The molecule has 1 aromatic carbocycles. The van der Waals surface area contributed by atoms with Gasteiger partial charge in [0.15, 0.2) is 0 Å². The fraction of sp³-hybridized carbons (Fsp3) is 0.409. The zero-order valence-corrected chi connectivity index (χ0v) is 20.6. The first kappa shape index (κ1) is 28.8. The van der Waals surface area contributed by atoms with Crippen molar-refractivity contribution in [2.24, 2.45) is 0 Å². The van der Waals surface area contributed by atoms with E-state index in [-0.39, 0.29) is 41.9 Å². The Labute approximate surface area is 217 Å². The Hall–Kier alpha value is -2.81. The number of rotatable bonds is 11. The lowest BCUT2D eigenvalue weighted by Gasteiger charge is -2.30. The van der Waals surface area contributed by atoms with Crippen LogP contribution in [-0.4, -0.2) is 80.9 Å². The van der Waals surface area contributed by atoms with Crippen molar-refractivity contribution in [2.45, 2.75) is 18.9 Å². The summed E-state index contributed by atoms with van der Waals surface area (Å²) in [4.78, 5) is 39.3. The van der Waals surface area contributed by atoms with Gasteiger partial charge >= 0.3 is 0 Å². The van der Waals surface area contributed by atoms with Gasteiger partial charge in [-0.25, -0.2) is 22.0 Å². The lowest BCUT2D eigenvalue weighted by Crippen LogP contribution is -2.53. The number of anilines is 2. The molecule has 3 amide bonds. The highest BCUT2D eigenvalue weighted by molar-refractivity contribution is 7.18. The summed E-state index contributed by atoms with van der Waals surface area (Å²) in [6, 6.07) is 4.65. The van der Waals surface area contributed by atoms with Gasteiger partial charge in [0, 0.05) is 18.8 Å². The van der Waals surface area contributed by atoms with Crippen LogP contribution in [0, 0.1) is 5.82 Å². The van der Waals surface area contributed by atoms with Gasteiger partial charge in [-0.3, -0.25) is 19.3 Å². The predicted octanol–water partition coefficient (Wildman–Crippen LogP) is 3.47. The standard InChI is InChI=1S/C22H22ClF5N4O4S/c23-17-4-3-16(37-17)22(35)29-8-15(31(9-18(25)26)10-19(27)28)21(34)30-14-2-1-12(7-13(14)24)32-5-6-36-11-20(32)33/h1-4,7,15,18-19H,5-6,8-11H2,(H,29,35)(H,30,34)/t15-/m1/s1. The maximum Gasteiger partial charge on any atom is 0.261 e. The van der Waals surface area contributed by atoms with E-state index in [0.29, 0.717) is 9.24 Å². The van der Waals surface area contributed by atoms with Gasteiger partial charge in [-0.05, 0) is 30.3 Å². The first-order valence-corrected chi connectivity index (χ1v) is 12.1. The maximum atomic E-state index is 14.8. The Morgan fingerprint density at radius 3 is 2.41 bits per heavy atom. The minimum atomic E-state index is -3.07. The summed E-state index contributed by atoms with van der Waals surface area (Å²) in [5.41, 5.74) is -0.163. The molecule has 1 fully saturated rings. The van der Waals surface area contributed by atoms with Crippen molar-refractivity contribution >= 4 is 52.0 Å². The molecular formula is C22H22ClF5N4O4S. The second kappa shape index (κ2) is 13.1. The first-order valence-electron chi connectivity index (χ1n) is 10.9. The molecule has 0 radical (unpaired) electrons. The van der Waals surface area contributed by atoms with Crippen LogP contribution in [0.1, 0.15) is 9.67 Å². The van der Waals surface area contributed by atoms with E-state index >= 15 is 0 Å². The van der Waals surface area contributed by atoms with Gasteiger partial charge in [0.05, 0.1) is 34.6 Å². The average molecular weight is 569 g/mol. The number of ether oxygens (including phenoxy) is 1. The van der Waals surface area contributed by atoms with Crippen LogP contribution in [0.2, 0.25) is 4.34 Å². The molecule has 0 unspecified atom stereocenters. The fourth-order valence-corrected chi connectivity index (χ4v) is 4.52. The molecule has 0 spiro atoms. The Kier molecular flexibility index (Phi) is 10.2. The van der Waals surface area contributed by atoms with E-state index < -0.39 is 56.2 Å². The number of alkyl halides is 4. The zero-order valence-electron chi connectivity index (χ0n) is 19.1. The summed E-state index contributed by atoms with van der Waals surface area (Å²) in [6.07, 6.45) is -6.13. The summed E-state index contributed by atoms with van der Waals surface area (Å²) in [5.74, 6) is -3.13. The topological polar surface area (TPSA) is 91.0 Å². The molecule has 1 aliphatic heterocycles. The van der Waals surface area contributed by atoms with Crippen molar-refractivity contribution in [1.29, 1.82) is 0 Å². The van der Waals surface area contributed by atoms with Gasteiger partial charge in [-0.1, -0.05) is 11.6 Å². The van der Waals surface area contributed by atoms with Gasteiger partial charge in [0.2, 0.25) is 5.91 Å². The highest BCUT2D eigenvalue weighted by Gasteiger charge is 2.31. The molecule has 37 heavy (non-hydrogen) atoms. The number of nitrogens with one attached hydrogen (secondary N) is 2. The fourth-order valence-electron chi connectivity index (χ4n) is 3.56. The molecule has 15 heteroatoms. The van der Waals surface area contributed by atoms with Crippen LogP contribution in [0.3, 0.4) is 0 Å². The molecule has 2 aromatic rings. The second-order valence-corrected chi connectivity index (χ2v) is 9.53. The van der Waals surface area contributed by atoms with Crippen LogP contribution in [0.5, 0.6) is 0 Å². The minimum Gasteiger partial charge on any atom is -0.370 e. The smallest absolute Gasteiger partial charge is 0.261 e. The number of carbonyl (C=O) groups excluding carboxylic acids is 3. The lowest BCUT2D eigenvalue weighted by atomic mass is 10.2. The van der Waals surface area contributed by atoms with Crippen LogP contribution in [-0.2, 0) is 14.3 Å². The van der Waals surface area contributed by atoms with E-state index in [1.54, 1.807) is 0 Å². The normalized spacial score (nSPS) is 14.9. The SMILES string of the molecule is O=C(NC[C@H](C(=O)Nc1ccc(N2CCOCC2=O)cc1F)N(CC(F)F)CC(F)F)c1ccc(Cl)s1. The Morgan fingerprint density at radius 2 is 1.84 bits per heavy atom. The number of nitrogens with zero attached hydrogens (tertiary/aromatic N) is 2. The van der Waals surface area contributed by atoms with E-state index in [9.17, 15) is 36.3 Å². The van der Waals surface area contributed by atoms with E-state index in [2.05, 4.69) is 10.6 Å². The van der Waals surface area contributed by atoms with Crippen LogP contribution in [0.25, 0.3) is 0 Å². The van der Waals surface area contributed by atoms with Crippen molar-refractivity contribution < 1.29 is 41.1 Å². The first-order chi connectivity index (χ1) is 17.5. The summed E-state index contributed by atoms with van der Waals surface area (Å²) in [6.45, 7) is -2.73. The van der Waals surface area contributed by atoms with E-state index in [1.165, 1.54) is 23.1 Å². The number of carbonyl (C=O) groups is 3. The summed E-state index contributed by atoms with van der Waals surface area (Å²) in [7, 11) is 0. The molecule has 2 heterocycles. The van der Waals surface area contributed by atoms with Gasteiger partial charge in [-0.15, -0.1) is 11.3 Å². The third kappa shape index (κ3) is 8.09. The van der Waals surface area contributed by atoms with Crippen LogP contribution in [0.15, 0.2) is 30.3 Å². The molecule has 2 N–H and O–H groups in total. The Balaban J connectivity index is 1.79. The number of amides is 3. The molecule has 1 aromatic heterocycles. The highest BCUT2D eigenvalue weighted by atomic mass is 35.5. The summed E-state index contributed by atoms with van der Waals surface area (Å²) >= 11 is 6.71. The van der Waals surface area contributed by atoms with Crippen molar-refractivity contribution in [2.75, 3.05) is 49.6 Å². The van der Waals surface area contributed by atoms with Gasteiger partial charge in [-0.2, -0.15) is 0 Å². The molecule has 1 atom stereocenters. The number of thiophene rings is 1. The van der Waals surface area contributed by atoms with Crippen molar-refractivity contribution in [1.82, 2.24) is 10.2 Å². The third-order valence-electron chi connectivity index (χ3n) is 5.25.